The molecule has 7 nitrogen and oxygen atoms in total. The Labute approximate surface area is 89.6 Å². The number of nitro benzene ring substituents is 1. The summed E-state index contributed by atoms with van der Waals surface area (Å²) in [6.45, 7) is 0. The molecule has 0 aromatic heterocycles. The molecule has 16 heavy (non-hydrogen) atoms. The highest BCUT2D eigenvalue weighted by Crippen LogP contribution is 2.29. The molecule has 0 saturated carbocycles. The molecule has 1 N–H and O–H groups in total. The van der Waals surface area contributed by atoms with E-state index in [4.69, 9.17) is 5.26 Å². The number of hydrogen-bond donors (Lipinski definition) is 1. The number of esters is 1. The van der Waals surface area contributed by atoms with Crippen LogP contribution >= 0.6 is 0 Å². The number of carbonyl (C=O) groups is 1. The lowest BCUT2D eigenvalue weighted by Gasteiger charge is -2.04. The van der Waals surface area contributed by atoms with E-state index in [1.165, 1.54) is 6.07 Å². The zero-order valence-electron chi connectivity index (χ0n) is 8.13. The van der Waals surface area contributed by atoms with Gasteiger partial charge in [0.15, 0.2) is 5.56 Å². The summed E-state index contributed by atoms with van der Waals surface area (Å²) in [6, 6.07) is 3.43. The lowest BCUT2D eigenvalue weighted by molar-refractivity contribution is -0.385. The third kappa shape index (κ3) is 1.76. The van der Waals surface area contributed by atoms with Gasteiger partial charge < -0.3 is 9.84 Å². The van der Waals surface area contributed by atoms with Crippen molar-refractivity contribution in [3.63, 3.8) is 0 Å². The fourth-order valence-electron chi connectivity index (χ4n) is 1.15. The molecule has 1 aromatic rings. The third-order valence-electron chi connectivity index (χ3n) is 1.86. The van der Waals surface area contributed by atoms with Crippen LogP contribution in [0.5, 0.6) is 5.75 Å². The highest BCUT2D eigenvalue weighted by Gasteiger charge is 2.27. The molecule has 7 heteroatoms. The molecule has 0 spiro atoms. The molecule has 0 unspecified atom stereocenters. The van der Waals surface area contributed by atoms with Crippen LogP contribution in [0.4, 0.5) is 5.69 Å². The van der Waals surface area contributed by atoms with Crippen molar-refractivity contribution in [3.8, 4) is 11.8 Å². The molecule has 1 rings (SSSR count). The average molecular weight is 222 g/mol. The van der Waals surface area contributed by atoms with Crippen LogP contribution in [0, 0.1) is 21.4 Å². The summed E-state index contributed by atoms with van der Waals surface area (Å²) in [6.07, 6.45) is 0. The molecule has 0 aliphatic rings. The second-order valence-electron chi connectivity index (χ2n) is 2.71. The Balaban J connectivity index is 3.62. The van der Waals surface area contributed by atoms with Crippen LogP contribution in [0.2, 0.25) is 0 Å². The van der Waals surface area contributed by atoms with Crippen LogP contribution < -0.4 is 0 Å². The smallest absolute Gasteiger partial charge is 0.346 e. The molecular formula is C9H6N2O5. The largest absolute Gasteiger partial charge is 0.507 e. The van der Waals surface area contributed by atoms with E-state index in [1.807, 2.05) is 0 Å². The normalized spacial score (nSPS) is 9.25. The minimum atomic E-state index is -1.04. The van der Waals surface area contributed by atoms with Gasteiger partial charge in [-0.15, -0.1) is 0 Å². The topological polar surface area (TPSA) is 113 Å². The number of carbonyl (C=O) groups excluding carboxylic acids is 1. The van der Waals surface area contributed by atoms with E-state index >= 15 is 0 Å². The van der Waals surface area contributed by atoms with Crippen molar-refractivity contribution in [3.05, 3.63) is 33.4 Å². The Bertz CT molecular complexity index is 503. The summed E-state index contributed by atoms with van der Waals surface area (Å²) < 4.78 is 4.32. The molecule has 0 heterocycles. The van der Waals surface area contributed by atoms with E-state index in [-0.39, 0.29) is 0 Å². The second kappa shape index (κ2) is 4.27. The summed E-state index contributed by atoms with van der Waals surface area (Å²) >= 11 is 0. The Kier molecular flexibility index (Phi) is 3.06. The third-order valence-corrected chi connectivity index (χ3v) is 1.86. The first-order valence-electron chi connectivity index (χ1n) is 4.01. The van der Waals surface area contributed by atoms with E-state index in [9.17, 15) is 20.0 Å². The van der Waals surface area contributed by atoms with Crippen LogP contribution in [0.25, 0.3) is 0 Å². The van der Waals surface area contributed by atoms with Gasteiger partial charge in [0.2, 0.25) is 0 Å². The molecule has 0 bridgehead atoms. The van der Waals surface area contributed by atoms with Crippen molar-refractivity contribution in [2.45, 2.75) is 0 Å². The van der Waals surface area contributed by atoms with Crippen LogP contribution in [0.15, 0.2) is 12.1 Å². The zero-order valence-corrected chi connectivity index (χ0v) is 8.13. The minimum absolute atomic E-state index is 0.471. The Morgan fingerprint density at radius 2 is 2.25 bits per heavy atom. The van der Waals surface area contributed by atoms with Gasteiger partial charge in [0.05, 0.1) is 12.0 Å². The van der Waals surface area contributed by atoms with E-state index in [0.717, 1.165) is 19.2 Å². The van der Waals surface area contributed by atoms with Crippen molar-refractivity contribution in [1.82, 2.24) is 0 Å². The quantitative estimate of drug-likeness (QED) is 0.452. The van der Waals surface area contributed by atoms with Gasteiger partial charge in [0.1, 0.15) is 17.4 Å². The van der Waals surface area contributed by atoms with Gasteiger partial charge in [-0.05, 0) is 6.07 Å². The van der Waals surface area contributed by atoms with Crippen molar-refractivity contribution in [1.29, 1.82) is 5.26 Å². The fourth-order valence-corrected chi connectivity index (χ4v) is 1.15. The number of methoxy groups -OCH3 is 1. The number of benzene rings is 1. The summed E-state index contributed by atoms with van der Waals surface area (Å²) in [5.74, 6) is -1.55. The first-order valence-corrected chi connectivity index (χ1v) is 4.01. The van der Waals surface area contributed by atoms with Crippen LogP contribution in [-0.4, -0.2) is 23.1 Å². The number of hydrogen-bond acceptors (Lipinski definition) is 6. The van der Waals surface area contributed by atoms with Gasteiger partial charge in [-0.2, -0.15) is 5.26 Å². The molecule has 0 aliphatic heterocycles. The predicted molar refractivity (Wildman–Crippen MR) is 50.8 cm³/mol. The Morgan fingerprint density at radius 3 is 2.69 bits per heavy atom. The maximum absolute atomic E-state index is 11.3. The first kappa shape index (κ1) is 11.5. The number of nitro groups is 1. The van der Waals surface area contributed by atoms with E-state index in [2.05, 4.69) is 4.74 Å². The standard InChI is InChI=1S/C9H6N2O5/c1-16-9(13)8-5(4-10)7(12)3-2-6(8)11(14)15/h2-3,12H,1H3. The van der Waals surface area contributed by atoms with E-state index in [1.54, 1.807) is 0 Å². The van der Waals surface area contributed by atoms with Crippen molar-refractivity contribution in [2.75, 3.05) is 7.11 Å². The van der Waals surface area contributed by atoms with Gasteiger partial charge in [0, 0.05) is 6.07 Å². The monoisotopic (exact) mass is 222 g/mol. The summed E-state index contributed by atoms with van der Waals surface area (Å²) in [5, 5.41) is 28.6. The van der Waals surface area contributed by atoms with Crippen LogP contribution in [0.1, 0.15) is 15.9 Å². The average Bonchev–Trinajstić information content (AvgIpc) is 2.27. The fraction of sp³-hybridized carbons (Fsp3) is 0.111. The van der Waals surface area contributed by atoms with Gasteiger partial charge in [-0.25, -0.2) is 4.79 Å². The maximum Gasteiger partial charge on any atom is 0.346 e. The molecule has 0 aliphatic carbocycles. The molecule has 1 aromatic carbocycles. The maximum atomic E-state index is 11.3. The molecule has 0 atom stereocenters. The van der Waals surface area contributed by atoms with Crippen LogP contribution in [0.3, 0.4) is 0 Å². The van der Waals surface area contributed by atoms with Crippen molar-refractivity contribution < 1.29 is 19.6 Å². The lowest BCUT2D eigenvalue weighted by Crippen LogP contribution is -2.08. The highest BCUT2D eigenvalue weighted by atomic mass is 16.6. The molecule has 0 saturated heterocycles. The van der Waals surface area contributed by atoms with Crippen molar-refractivity contribution >= 4 is 11.7 Å². The zero-order chi connectivity index (χ0) is 12.3. The van der Waals surface area contributed by atoms with Gasteiger partial charge in [-0.3, -0.25) is 10.1 Å². The predicted octanol–water partition coefficient (Wildman–Crippen LogP) is 0.959. The SMILES string of the molecule is COC(=O)c1c([N+](=O)[O-])ccc(O)c1C#N. The number of ether oxygens (including phenoxy) is 1. The number of rotatable bonds is 2. The lowest BCUT2D eigenvalue weighted by atomic mass is 10.1. The van der Waals surface area contributed by atoms with E-state index < -0.39 is 33.5 Å². The summed E-state index contributed by atoms with van der Waals surface area (Å²) in [7, 11) is 1.03. The molecule has 82 valence electrons. The summed E-state index contributed by atoms with van der Waals surface area (Å²) in [4.78, 5) is 21.1. The van der Waals surface area contributed by atoms with Gasteiger partial charge in [0.25, 0.3) is 5.69 Å². The number of aromatic hydroxyl groups is 1. The van der Waals surface area contributed by atoms with E-state index in [0.29, 0.717) is 0 Å². The van der Waals surface area contributed by atoms with Crippen molar-refractivity contribution in [2.24, 2.45) is 0 Å². The highest BCUT2D eigenvalue weighted by molar-refractivity contribution is 5.97. The van der Waals surface area contributed by atoms with Crippen LogP contribution in [-0.2, 0) is 4.74 Å². The summed E-state index contributed by atoms with van der Waals surface area (Å²) in [5.41, 5.74) is -1.60. The van der Waals surface area contributed by atoms with Gasteiger partial charge in [-0.1, -0.05) is 0 Å². The molecule has 0 radical (unpaired) electrons. The Hall–Kier alpha value is -2.62. The second-order valence-corrected chi connectivity index (χ2v) is 2.71. The minimum Gasteiger partial charge on any atom is -0.507 e. The number of phenols is 1. The van der Waals surface area contributed by atoms with Gasteiger partial charge >= 0.3 is 5.97 Å². The molecule has 0 fully saturated rings. The molecular weight excluding hydrogens is 216 g/mol. The number of nitriles is 1. The first-order chi connectivity index (χ1) is 7.52. The molecule has 0 amide bonds. The Morgan fingerprint density at radius 1 is 1.62 bits per heavy atom. The number of phenolic OH excluding ortho intramolecular Hbond substituents is 1. The number of nitrogens with zero attached hydrogens (tertiary/aromatic N) is 2.